The van der Waals surface area contributed by atoms with Gasteiger partial charge in [0, 0.05) is 42.3 Å². The number of guanidine groups is 1. The van der Waals surface area contributed by atoms with Crippen molar-refractivity contribution in [2.45, 2.75) is 45.4 Å². The Morgan fingerprint density at radius 3 is 2.75 bits per heavy atom. The quantitative estimate of drug-likeness (QED) is 0.217. The van der Waals surface area contributed by atoms with Gasteiger partial charge in [-0.2, -0.15) is 4.40 Å². The topological polar surface area (TPSA) is 96.2 Å². The number of ether oxygens (including phenoxy) is 1. The second-order valence-electron chi connectivity index (χ2n) is 8.38. The van der Waals surface area contributed by atoms with E-state index in [4.69, 9.17) is 4.74 Å². The molecule has 0 saturated heterocycles. The van der Waals surface area contributed by atoms with Crippen molar-refractivity contribution >= 4 is 36.1 Å². The molecule has 8 nitrogen and oxygen atoms in total. The lowest BCUT2D eigenvalue weighted by atomic mass is 10.1. The summed E-state index contributed by atoms with van der Waals surface area (Å²) in [6.45, 7) is 11.7. The molecule has 1 aliphatic carbocycles. The molecule has 2 aliphatic rings. The van der Waals surface area contributed by atoms with Crippen molar-refractivity contribution < 1.29 is 4.74 Å². The van der Waals surface area contributed by atoms with E-state index in [2.05, 4.69) is 54.7 Å². The molecule has 0 spiro atoms. The maximum Gasteiger partial charge on any atom is 0.195 e. The number of aliphatic imine (C=N–C) groups is 2. The van der Waals surface area contributed by atoms with Crippen LogP contribution in [0.25, 0.3) is 0 Å². The minimum absolute atomic E-state index is 0.189. The van der Waals surface area contributed by atoms with E-state index in [0.29, 0.717) is 17.5 Å². The third kappa shape index (κ3) is 5.27. The van der Waals surface area contributed by atoms with Crippen molar-refractivity contribution in [2.24, 2.45) is 14.4 Å². The van der Waals surface area contributed by atoms with Crippen LogP contribution in [0.3, 0.4) is 0 Å². The van der Waals surface area contributed by atoms with Gasteiger partial charge in [-0.3, -0.25) is 9.98 Å². The fourth-order valence-electron chi connectivity index (χ4n) is 3.36. The van der Waals surface area contributed by atoms with E-state index in [1.165, 1.54) is 11.9 Å². The molecule has 1 fully saturated rings. The number of anilines is 1. The molecule has 2 heterocycles. The van der Waals surface area contributed by atoms with Gasteiger partial charge in [0.05, 0.1) is 11.9 Å². The largest absolute Gasteiger partial charge is 0.481 e. The predicted molar refractivity (Wildman–Crippen MR) is 132 cm³/mol. The van der Waals surface area contributed by atoms with Gasteiger partial charge in [-0.05, 0) is 63.1 Å². The first kappa shape index (κ1) is 22.3. The Balaban J connectivity index is 1.34. The second kappa shape index (κ2) is 9.68. The number of nitrogens with zero attached hydrogens (tertiary/aromatic N) is 5. The normalized spacial score (nSPS) is 17.2. The first-order valence-corrected chi connectivity index (χ1v) is 11.7. The summed E-state index contributed by atoms with van der Waals surface area (Å²) in [7, 11) is 0. The highest BCUT2D eigenvalue weighted by atomic mass is 32.2. The standard InChI is InChI=1S/C23H29N7OS/c1-15-11-19(16(2)10-17(15)29-22-25-8-5-9-26-22)31-14-32-30-21(24-4)18-12-28-20(13-27-18)23(3)6-7-23/h10-13H,4-9,14H2,1-3H3,(H2,25,26,29)/b30-21-. The Labute approximate surface area is 193 Å². The van der Waals surface area contributed by atoms with Crippen LogP contribution in [0.4, 0.5) is 5.69 Å². The van der Waals surface area contributed by atoms with Gasteiger partial charge in [-0.25, -0.2) is 9.98 Å². The molecular formula is C23H29N7OS. The zero-order valence-corrected chi connectivity index (χ0v) is 19.6. The van der Waals surface area contributed by atoms with Crippen LogP contribution in [0.5, 0.6) is 5.75 Å². The Morgan fingerprint density at radius 2 is 2.09 bits per heavy atom. The van der Waals surface area contributed by atoms with Crippen LogP contribution in [0.1, 0.15) is 48.7 Å². The van der Waals surface area contributed by atoms with E-state index < -0.39 is 0 Å². The van der Waals surface area contributed by atoms with Gasteiger partial charge in [0.25, 0.3) is 0 Å². The van der Waals surface area contributed by atoms with Gasteiger partial charge in [0.1, 0.15) is 11.4 Å². The van der Waals surface area contributed by atoms with E-state index in [-0.39, 0.29) is 5.41 Å². The summed E-state index contributed by atoms with van der Waals surface area (Å²) in [4.78, 5) is 17.5. The number of amidine groups is 1. The molecule has 1 aromatic carbocycles. The predicted octanol–water partition coefficient (Wildman–Crippen LogP) is 4.04. The number of hydrogen-bond donors (Lipinski definition) is 2. The molecular weight excluding hydrogens is 422 g/mol. The summed E-state index contributed by atoms with van der Waals surface area (Å²) >= 11 is 1.26. The Hall–Kier alpha value is -2.94. The Morgan fingerprint density at radius 1 is 1.25 bits per heavy atom. The molecule has 0 bridgehead atoms. The SMILES string of the molecule is C=N/C(=N\SCOc1cc(C)c(NC2=NCCCN2)cc1C)c1cnc(C2(C)CC2)cn1. The summed E-state index contributed by atoms with van der Waals surface area (Å²) in [5, 5.41) is 6.65. The highest BCUT2D eigenvalue weighted by Crippen LogP contribution is 2.46. The number of benzene rings is 1. The molecule has 32 heavy (non-hydrogen) atoms. The van der Waals surface area contributed by atoms with Gasteiger partial charge >= 0.3 is 0 Å². The summed E-state index contributed by atoms with van der Waals surface area (Å²) in [6.07, 6.45) is 6.93. The monoisotopic (exact) mass is 451 g/mol. The van der Waals surface area contributed by atoms with E-state index in [0.717, 1.165) is 66.6 Å². The Kier molecular flexibility index (Phi) is 6.74. The van der Waals surface area contributed by atoms with Gasteiger partial charge in [0.15, 0.2) is 17.7 Å². The van der Waals surface area contributed by atoms with Crippen molar-refractivity contribution in [3.05, 3.63) is 47.0 Å². The summed E-state index contributed by atoms with van der Waals surface area (Å²) in [5.41, 5.74) is 4.97. The molecule has 2 N–H and O–H groups in total. The Bertz CT molecular complexity index is 1050. The second-order valence-corrected chi connectivity index (χ2v) is 9.06. The minimum atomic E-state index is 0.189. The van der Waals surface area contributed by atoms with Gasteiger partial charge in [-0.1, -0.05) is 6.92 Å². The molecule has 4 rings (SSSR count). The van der Waals surface area contributed by atoms with Crippen LogP contribution in [-0.4, -0.2) is 47.5 Å². The summed E-state index contributed by atoms with van der Waals surface area (Å²) in [5.74, 6) is 2.45. The van der Waals surface area contributed by atoms with Gasteiger partial charge < -0.3 is 15.4 Å². The molecule has 9 heteroatoms. The number of aromatic nitrogens is 2. The van der Waals surface area contributed by atoms with Crippen LogP contribution in [0.15, 0.2) is 38.9 Å². The van der Waals surface area contributed by atoms with Crippen molar-refractivity contribution in [1.29, 1.82) is 0 Å². The lowest BCUT2D eigenvalue weighted by molar-refractivity contribution is 0.390. The van der Waals surface area contributed by atoms with Crippen molar-refractivity contribution in [3.63, 3.8) is 0 Å². The highest BCUT2D eigenvalue weighted by molar-refractivity contribution is 7.98. The van der Waals surface area contributed by atoms with Crippen molar-refractivity contribution in [1.82, 2.24) is 15.3 Å². The van der Waals surface area contributed by atoms with Crippen LogP contribution in [0.2, 0.25) is 0 Å². The first-order valence-electron chi connectivity index (χ1n) is 10.8. The van der Waals surface area contributed by atoms with E-state index in [1.54, 1.807) is 6.20 Å². The highest BCUT2D eigenvalue weighted by Gasteiger charge is 2.40. The number of rotatable bonds is 7. The van der Waals surface area contributed by atoms with E-state index >= 15 is 0 Å². The smallest absolute Gasteiger partial charge is 0.195 e. The summed E-state index contributed by atoms with van der Waals surface area (Å²) in [6, 6.07) is 4.10. The van der Waals surface area contributed by atoms with Gasteiger partial charge in [0.2, 0.25) is 0 Å². The molecule has 0 radical (unpaired) electrons. The van der Waals surface area contributed by atoms with Crippen LogP contribution in [-0.2, 0) is 5.41 Å². The van der Waals surface area contributed by atoms with Gasteiger partial charge in [-0.15, -0.1) is 0 Å². The average molecular weight is 452 g/mol. The van der Waals surface area contributed by atoms with Crippen molar-refractivity contribution in [3.8, 4) is 5.75 Å². The van der Waals surface area contributed by atoms with E-state index in [1.807, 2.05) is 26.1 Å². The molecule has 2 aromatic rings. The number of aryl methyl sites for hydroxylation is 2. The average Bonchev–Trinajstić information content (AvgIpc) is 3.56. The fourth-order valence-corrected chi connectivity index (χ4v) is 3.86. The molecule has 1 aromatic heterocycles. The zero-order chi connectivity index (χ0) is 22.6. The molecule has 1 aliphatic heterocycles. The van der Waals surface area contributed by atoms with E-state index in [9.17, 15) is 0 Å². The van der Waals surface area contributed by atoms with Crippen LogP contribution >= 0.6 is 11.9 Å². The molecule has 0 atom stereocenters. The maximum atomic E-state index is 5.95. The molecule has 0 amide bonds. The van der Waals surface area contributed by atoms with Crippen LogP contribution < -0.4 is 15.4 Å². The van der Waals surface area contributed by atoms with Crippen molar-refractivity contribution in [2.75, 3.05) is 24.3 Å². The number of hydrogen-bond acceptors (Lipinski definition) is 8. The fraction of sp³-hybridized carbons (Fsp3) is 0.435. The molecule has 1 saturated carbocycles. The zero-order valence-electron chi connectivity index (χ0n) is 18.8. The summed E-state index contributed by atoms with van der Waals surface area (Å²) < 4.78 is 10.4. The lowest BCUT2D eigenvalue weighted by Gasteiger charge is -2.18. The molecule has 0 unspecified atom stereocenters. The minimum Gasteiger partial charge on any atom is -0.481 e. The first-order chi connectivity index (χ1) is 15.5. The number of nitrogens with one attached hydrogen (secondary N) is 2. The third-order valence-electron chi connectivity index (χ3n) is 5.74. The maximum absolute atomic E-state index is 5.95. The van der Waals surface area contributed by atoms with Crippen LogP contribution in [0, 0.1) is 13.8 Å². The molecule has 168 valence electrons. The third-order valence-corrected chi connectivity index (χ3v) is 6.26. The lowest BCUT2D eigenvalue weighted by Crippen LogP contribution is -2.35.